The Morgan fingerprint density at radius 1 is 1.00 bits per heavy atom. The van der Waals surface area contributed by atoms with E-state index in [9.17, 15) is 4.79 Å². The number of amides is 1. The molecule has 33 heavy (non-hydrogen) atoms. The number of carbonyl (C=O) groups excluding carboxylic acids is 1. The first-order chi connectivity index (χ1) is 15.9. The second-order valence-electron chi connectivity index (χ2n) is 8.43. The first kappa shape index (κ1) is 23.5. The van der Waals surface area contributed by atoms with Gasteiger partial charge in [-0.25, -0.2) is 9.97 Å². The second-order valence-corrected chi connectivity index (χ2v) is 9.25. The minimum atomic E-state index is 0.178. The van der Waals surface area contributed by atoms with Crippen LogP contribution in [0, 0.1) is 6.92 Å². The van der Waals surface area contributed by atoms with Crippen LogP contribution in [0.1, 0.15) is 22.4 Å². The zero-order valence-electron chi connectivity index (χ0n) is 18.8. The maximum Gasteiger partial charge on any atom is 0.227 e. The van der Waals surface area contributed by atoms with Crippen molar-refractivity contribution >= 4 is 40.7 Å². The van der Waals surface area contributed by atoms with E-state index in [4.69, 9.17) is 28.2 Å². The van der Waals surface area contributed by atoms with E-state index >= 15 is 0 Å². The zero-order chi connectivity index (χ0) is 23.4. The lowest BCUT2D eigenvalue weighted by Gasteiger charge is -2.32. The molecule has 0 bridgehead atoms. The van der Waals surface area contributed by atoms with Gasteiger partial charge in [-0.2, -0.15) is 0 Å². The molecule has 3 aromatic rings. The molecule has 1 fully saturated rings. The lowest BCUT2D eigenvalue weighted by molar-refractivity contribution is -0.132. The largest absolute Gasteiger partial charge is 0.340 e. The average Bonchev–Trinajstić information content (AvgIpc) is 2.80. The van der Waals surface area contributed by atoms with Crippen molar-refractivity contribution in [2.24, 2.45) is 0 Å². The molecule has 0 radical (unpaired) electrons. The Balaban J connectivity index is 1.39. The summed E-state index contributed by atoms with van der Waals surface area (Å²) in [6.07, 6.45) is 2.86. The number of anilines is 2. The molecule has 1 amide bonds. The third-order valence-electron chi connectivity index (χ3n) is 5.85. The van der Waals surface area contributed by atoms with Crippen LogP contribution in [-0.2, 0) is 17.6 Å². The van der Waals surface area contributed by atoms with E-state index in [0.717, 1.165) is 54.3 Å². The summed E-state index contributed by atoms with van der Waals surface area (Å²) in [5.74, 6) is 0.703. The fourth-order valence-corrected chi connectivity index (χ4v) is 4.06. The Morgan fingerprint density at radius 3 is 2.39 bits per heavy atom. The second kappa shape index (κ2) is 10.5. The van der Waals surface area contributed by atoms with Gasteiger partial charge in [-0.1, -0.05) is 41.4 Å². The standard InChI is InChI=1S/C25H27Cl2N5O/c1-17-16-28-25(30-23(17)14-19-5-8-21(26)22(27)13-19)29-20-6-3-18(4-7-20)15-24(33)32-11-9-31(2)10-12-32/h3-8,13,16H,9-12,14-15H2,1-2H3,(H,28,29,30). The third-order valence-corrected chi connectivity index (χ3v) is 6.59. The SMILES string of the molecule is Cc1cnc(Nc2ccc(CC(=O)N3CCN(C)CC3)cc2)nc1Cc1ccc(Cl)c(Cl)c1. The molecule has 1 saturated heterocycles. The van der Waals surface area contributed by atoms with Crippen LogP contribution < -0.4 is 5.32 Å². The van der Waals surface area contributed by atoms with Crippen molar-refractivity contribution in [2.45, 2.75) is 19.8 Å². The molecular weight excluding hydrogens is 457 g/mol. The van der Waals surface area contributed by atoms with Gasteiger partial charge in [0.2, 0.25) is 11.9 Å². The third kappa shape index (κ3) is 6.22. The molecule has 1 aliphatic rings. The first-order valence-corrected chi connectivity index (χ1v) is 11.7. The van der Waals surface area contributed by atoms with Crippen molar-refractivity contribution in [3.63, 3.8) is 0 Å². The quantitative estimate of drug-likeness (QED) is 0.548. The summed E-state index contributed by atoms with van der Waals surface area (Å²) in [4.78, 5) is 25.9. The molecule has 172 valence electrons. The van der Waals surface area contributed by atoms with Crippen LogP contribution in [0.15, 0.2) is 48.7 Å². The Kier molecular flexibility index (Phi) is 7.48. The summed E-state index contributed by atoms with van der Waals surface area (Å²) in [5.41, 5.74) is 4.82. The number of benzene rings is 2. The molecule has 0 unspecified atom stereocenters. The van der Waals surface area contributed by atoms with Gasteiger partial charge >= 0.3 is 0 Å². The van der Waals surface area contributed by atoms with Gasteiger partial charge in [0.25, 0.3) is 0 Å². The molecule has 1 aromatic heterocycles. The van der Waals surface area contributed by atoms with Gasteiger partial charge in [-0.3, -0.25) is 4.79 Å². The molecule has 8 heteroatoms. The summed E-state index contributed by atoms with van der Waals surface area (Å²) < 4.78 is 0. The van der Waals surface area contributed by atoms with Crippen molar-refractivity contribution in [3.8, 4) is 0 Å². The van der Waals surface area contributed by atoms with Gasteiger partial charge in [0, 0.05) is 44.5 Å². The van der Waals surface area contributed by atoms with Crippen LogP contribution in [0.5, 0.6) is 0 Å². The van der Waals surface area contributed by atoms with E-state index < -0.39 is 0 Å². The lowest BCUT2D eigenvalue weighted by atomic mass is 10.1. The molecule has 0 atom stereocenters. The van der Waals surface area contributed by atoms with Crippen molar-refractivity contribution < 1.29 is 4.79 Å². The van der Waals surface area contributed by atoms with Crippen LogP contribution in [0.25, 0.3) is 0 Å². The van der Waals surface area contributed by atoms with E-state index in [0.29, 0.717) is 28.8 Å². The van der Waals surface area contributed by atoms with Crippen LogP contribution in [0.4, 0.5) is 11.6 Å². The van der Waals surface area contributed by atoms with Crippen molar-refractivity contribution in [1.29, 1.82) is 0 Å². The van der Waals surface area contributed by atoms with Gasteiger partial charge in [-0.05, 0) is 54.9 Å². The van der Waals surface area contributed by atoms with Gasteiger partial charge < -0.3 is 15.1 Å². The molecular formula is C25H27Cl2N5O. The minimum Gasteiger partial charge on any atom is -0.340 e. The van der Waals surface area contributed by atoms with Crippen molar-refractivity contribution in [1.82, 2.24) is 19.8 Å². The van der Waals surface area contributed by atoms with Crippen LogP contribution in [0.3, 0.4) is 0 Å². The molecule has 2 heterocycles. The van der Waals surface area contributed by atoms with E-state index in [1.54, 1.807) is 6.07 Å². The van der Waals surface area contributed by atoms with Crippen molar-refractivity contribution in [2.75, 3.05) is 38.5 Å². The summed E-state index contributed by atoms with van der Waals surface area (Å²) in [6, 6.07) is 13.5. The van der Waals surface area contributed by atoms with E-state index in [1.807, 2.05) is 54.4 Å². The zero-order valence-corrected chi connectivity index (χ0v) is 20.3. The highest BCUT2D eigenvalue weighted by molar-refractivity contribution is 6.42. The van der Waals surface area contributed by atoms with E-state index in [-0.39, 0.29) is 5.91 Å². The highest BCUT2D eigenvalue weighted by atomic mass is 35.5. The predicted molar refractivity (Wildman–Crippen MR) is 134 cm³/mol. The van der Waals surface area contributed by atoms with Gasteiger partial charge in [-0.15, -0.1) is 0 Å². The fraction of sp³-hybridized carbons (Fsp3) is 0.320. The number of rotatable bonds is 6. The number of nitrogens with zero attached hydrogens (tertiary/aromatic N) is 4. The van der Waals surface area contributed by atoms with Gasteiger partial charge in [0.05, 0.1) is 22.2 Å². The summed E-state index contributed by atoms with van der Waals surface area (Å²) >= 11 is 12.2. The predicted octanol–water partition coefficient (Wildman–Crippen LogP) is 4.74. The smallest absolute Gasteiger partial charge is 0.227 e. The van der Waals surface area contributed by atoms with Crippen molar-refractivity contribution in [3.05, 3.63) is 81.1 Å². The Morgan fingerprint density at radius 2 is 1.70 bits per heavy atom. The molecule has 0 saturated carbocycles. The highest BCUT2D eigenvalue weighted by Crippen LogP contribution is 2.24. The summed E-state index contributed by atoms with van der Waals surface area (Å²) in [6.45, 7) is 5.44. The fourth-order valence-electron chi connectivity index (χ4n) is 3.74. The van der Waals surface area contributed by atoms with Crippen LogP contribution in [-0.4, -0.2) is 58.9 Å². The summed E-state index contributed by atoms with van der Waals surface area (Å²) in [5, 5.41) is 4.33. The number of likely N-dealkylation sites (N-methyl/N-ethyl adjacent to an activating group) is 1. The lowest BCUT2D eigenvalue weighted by Crippen LogP contribution is -2.47. The average molecular weight is 484 g/mol. The minimum absolute atomic E-state index is 0.178. The normalized spacial score (nSPS) is 14.4. The molecule has 0 aliphatic carbocycles. The number of aromatic nitrogens is 2. The molecule has 1 aliphatic heterocycles. The topological polar surface area (TPSA) is 61.4 Å². The van der Waals surface area contributed by atoms with Crippen LogP contribution >= 0.6 is 23.2 Å². The molecule has 6 nitrogen and oxygen atoms in total. The number of aryl methyl sites for hydroxylation is 1. The van der Waals surface area contributed by atoms with E-state index in [1.165, 1.54) is 0 Å². The van der Waals surface area contributed by atoms with Crippen LogP contribution in [0.2, 0.25) is 10.0 Å². The number of nitrogens with one attached hydrogen (secondary N) is 1. The summed E-state index contributed by atoms with van der Waals surface area (Å²) in [7, 11) is 2.08. The number of carbonyl (C=O) groups is 1. The first-order valence-electron chi connectivity index (χ1n) is 11.0. The maximum absolute atomic E-state index is 12.6. The molecule has 1 N–H and O–H groups in total. The Bertz CT molecular complexity index is 1130. The monoisotopic (exact) mass is 483 g/mol. The number of hydrogen-bond donors (Lipinski definition) is 1. The van der Waals surface area contributed by atoms with E-state index in [2.05, 4.69) is 22.2 Å². The maximum atomic E-state index is 12.6. The molecule has 4 rings (SSSR count). The highest BCUT2D eigenvalue weighted by Gasteiger charge is 2.19. The number of halogens is 2. The Labute approximate surface area is 204 Å². The molecule has 2 aromatic carbocycles. The number of piperazine rings is 1. The van der Waals surface area contributed by atoms with Gasteiger partial charge in [0.15, 0.2) is 0 Å². The Hall–Kier alpha value is -2.67. The number of hydrogen-bond acceptors (Lipinski definition) is 5. The molecule has 0 spiro atoms. The van der Waals surface area contributed by atoms with Gasteiger partial charge in [0.1, 0.15) is 0 Å².